The molecule has 0 aromatic rings. The van der Waals surface area contributed by atoms with Gasteiger partial charge in [-0.05, 0) is 37.7 Å². The predicted molar refractivity (Wildman–Crippen MR) is 78.5 cm³/mol. The van der Waals surface area contributed by atoms with Crippen molar-refractivity contribution < 1.29 is 9.59 Å². The van der Waals surface area contributed by atoms with Gasteiger partial charge in [-0.15, -0.1) is 0 Å². The normalized spacial score (nSPS) is 27.1. The van der Waals surface area contributed by atoms with Crippen LogP contribution < -0.4 is 11.5 Å². The zero-order valence-electron chi connectivity index (χ0n) is 12.2. The van der Waals surface area contributed by atoms with Gasteiger partial charge in [0.05, 0.1) is 5.41 Å². The quantitative estimate of drug-likeness (QED) is 0.806. The van der Waals surface area contributed by atoms with Gasteiger partial charge in [-0.1, -0.05) is 37.8 Å². The third-order valence-corrected chi connectivity index (χ3v) is 4.88. The summed E-state index contributed by atoms with van der Waals surface area (Å²) in [4.78, 5) is 23.5. The van der Waals surface area contributed by atoms with Gasteiger partial charge >= 0.3 is 0 Å². The third-order valence-electron chi connectivity index (χ3n) is 4.88. The van der Waals surface area contributed by atoms with Crippen LogP contribution in [-0.4, -0.2) is 11.8 Å². The monoisotopic (exact) mass is 276 g/mol. The van der Waals surface area contributed by atoms with E-state index in [-0.39, 0.29) is 5.91 Å². The first-order valence-corrected chi connectivity index (χ1v) is 7.43. The average Bonchev–Trinajstić information content (AvgIpc) is 2.90. The number of amides is 2. The highest BCUT2D eigenvalue weighted by Gasteiger charge is 2.38. The number of hydrogen-bond acceptors (Lipinski definition) is 2. The van der Waals surface area contributed by atoms with Crippen LogP contribution in [0.1, 0.15) is 51.9 Å². The Morgan fingerprint density at radius 3 is 2.50 bits per heavy atom. The first-order valence-electron chi connectivity index (χ1n) is 7.43. The molecule has 1 unspecified atom stereocenters. The highest BCUT2D eigenvalue weighted by Crippen LogP contribution is 2.41. The average molecular weight is 276 g/mol. The molecule has 1 saturated carbocycles. The van der Waals surface area contributed by atoms with Crippen molar-refractivity contribution in [3.63, 3.8) is 0 Å². The van der Waals surface area contributed by atoms with E-state index in [1.807, 2.05) is 19.1 Å². The van der Waals surface area contributed by atoms with E-state index in [0.717, 1.165) is 12.0 Å². The van der Waals surface area contributed by atoms with Crippen LogP contribution in [-0.2, 0) is 9.59 Å². The first kappa shape index (κ1) is 14.8. The van der Waals surface area contributed by atoms with Crippen molar-refractivity contribution in [2.24, 2.45) is 22.8 Å². The van der Waals surface area contributed by atoms with E-state index in [1.165, 1.54) is 25.7 Å². The number of primary amides is 2. The molecule has 0 saturated heterocycles. The molecule has 1 atom stereocenters. The minimum Gasteiger partial charge on any atom is -0.369 e. The maximum Gasteiger partial charge on any atom is 0.244 e. The van der Waals surface area contributed by atoms with E-state index in [4.69, 9.17) is 11.5 Å². The van der Waals surface area contributed by atoms with Crippen molar-refractivity contribution in [3.05, 3.63) is 23.3 Å². The van der Waals surface area contributed by atoms with Crippen LogP contribution >= 0.6 is 0 Å². The number of carbonyl (C=O) groups is 2. The van der Waals surface area contributed by atoms with Crippen LogP contribution in [0.4, 0.5) is 0 Å². The minimum absolute atomic E-state index is 0.349. The van der Waals surface area contributed by atoms with Crippen molar-refractivity contribution in [2.75, 3.05) is 0 Å². The molecule has 0 aromatic carbocycles. The number of carbonyl (C=O) groups excluding carboxylic acids is 2. The lowest BCUT2D eigenvalue weighted by molar-refractivity contribution is -0.126. The highest BCUT2D eigenvalue weighted by molar-refractivity contribution is 5.96. The van der Waals surface area contributed by atoms with E-state index in [0.29, 0.717) is 24.3 Å². The van der Waals surface area contributed by atoms with Gasteiger partial charge in [0.1, 0.15) is 0 Å². The van der Waals surface area contributed by atoms with Crippen LogP contribution in [0.15, 0.2) is 23.3 Å². The van der Waals surface area contributed by atoms with Gasteiger partial charge in [0.25, 0.3) is 0 Å². The van der Waals surface area contributed by atoms with Gasteiger partial charge in [0, 0.05) is 5.57 Å². The van der Waals surface area contributed by atoms with Crippen LogP contribution in [0.2, 0.25) is 0 Å². The molecule has 0 aromatic heterocycles. The lowest BCUT2D eigenvalue weighted by atomic mass is 9.71. The Bertz CT molecular complexity index is 473. The molecule has 2 amide bonds. The Balaban J connectivity index is 2.13. The fourth-order valence-corrected chi connectivity index (χ4v) is 3.41. The second kappa shape index (κ2) is 5.81. The number of rotatable bonds is 5. The molecule has 0 bridgehead atoms. The molecule has 1 fully saturated rings. The van der Waals surface area contributed by atoms with Crippen LogP contribution in [0.5, 0.6) is 0 Å². The molecule has 2 aliphatic carbocycles. The van der Waals surface area contributed by atoms with Gasteiger partial charge in [0.2, 0.25) is 11.8 Å². The fourth-order valence-electron chi connectivity index (χ4n) is 3.41. The Hall–Kier alpha value is -1.58. The molecule has 0 aliphatic heterocycles. The third kappa shape index (κ3) is 2.94. The standard InChI is InChI=1S/C16H24N2O2/c1-11-6-8-16(15(18)20,10-13(11)14(17)19)9-7-12-4-2-3-5-12/h6,8,12H,2-5,7,9-10H2,1H3,(H2,17,19)(H2,18,20). The summed E-state index contributed by atoms with van der Waals surface area (Å²) in [5.74, 6) is -0.0972. The molecule has 2 rings (SSSR count). The summed E-state index contributed by atoms with van der Waals surface area (Å²) >= 11 is 0. The Morgan fingerprint density at radius 1 is 1.30 bits per heavy atom. The number of allylic oxidation sites excluding steroid dienone is 2. The summed E-state index contributed by atoms with van der Waals surface area (Å²) in [7, 11) is 0. The molecule has 20 heavy (non-hydrogen) atoms. The van der Waals surface area contributed by atoms with Crippen molar-refractivity contribution in [2.45, 2.75) is 51.9 Å². The molecule has 110 valence electrons. The largest absolute Gasteiger partial charge is 0.369 e. The molecule has 0 spiro atoms. The van der Waals surface area contributed by atoms with E-state index >= 15 is 0 Å². The SMILES string of the molecule is CC1=C(C(N)=O)CC(CCC2CCCC2)(C(N)=O)C=C1. The molecular weight excluding hydrogens is 252 g/mol. The van der Waals surface area contributed by atoms with Gasteiger partial charge in [-0.3, -0.25) is 9.59 Å². The van der Waals surface area contributed by atoms with Crippen LogP contribution in [0.25, 0.3) is 0 Å². The van der Waals surface area contributed by atoms with E-state index < -0.39 is 11.3 Å². The molecule has 0 radical (unpaired) electrons. The summed E-state index contributed by atoms with van der Waals surface area (Å²) in [5, 5.41) is 0. The van der Waals surface area contributed by atoms with Crippen molar-refractivity contribution >= 4 is 11.8 Å². The van der Waals surface area contributed by atoms with Gasteiger partial charge < -0.3 is 11.5 Å². The Morgan fingerprint density at radius 2 is 1.95 bits per heavy atom. The topological polar surface area (TPSA) is 86.2 Å². The molecule has 4 nitrogen and oxygen atoms in total. The zero-order chi connectivity index (χ0) is 14.8. The molecule has 2 aliphatic rings. The maximum absolute atomic E-state index is 12.0. The first-order chi connectivity index (χ1) is 9.44. The summed E-state index contributed by atoms with van der Waals surface area (Å²) in [6.45, 7) is 1.85. The van der Waals surface area contributed by atoms with Crippen molar-refractivity contribution in [1.82, 2.24) is 0 Å². The van der Waals surface area contributed by atoms with E-state index in [1.54, 1.807) is 0 Å². The lowest BCUT2D eigenvalue weighted by Crippen LogP contribution is -2.39. The molecule has 4 heteroatoms. The zero-order valence-corrected chi connectivity index (χ0v) is 12.2. The van der Waals surface area contributed by atoms with Gasteiger partial charge in [0.15, 0.2) is 0 Å². The Kier molecular flexibility index (Phi) is 4.31. The van der Waals surface area contributed by atoms with E-state index in [9.17, 15) is 9.59 Å². The van der Waals surface area contributed by atoms with Crippen molar-refractivity contribution in [3.8, 4) is 0 Å². The van der Waals surface area contributed by atoms with Crippen LogP contribution in [0, 0.1) is 11.3 Å². The highest BCUT2D eigenvalue weighted by atomic mass is 16.1. The maximum atomic E-state index is 12.0. The Labute approximate surface area is 120 Å². The number of nitrogens with two attached hydrogens (primary N) is 2. The predicted octanol–water partition coefficient (Wildman–Crippen LogP) is 2.19. The lowest BCUT2D eigenvalue weighted by Gasteiger charge is -2.32. The van der Waals surface area contributed by atoms with E-state index in [2.05, 4.69) is 0 Å². The minimum atomic E-state index is -0.730. The molecule has 4 N–H and O–H groups in total. The summed E-state index contributed by atoms with van der Waals surface area (Å²) in [5.41, 5.74) is 11.7. The summed E-state index contributed by atoms with van der Waals surface area (Å²) in [6.07, 6.45) is 10.8. The smallest absolute Gasteiger partial charge is 0.244 e. The van der Waals surface area contributed by atoms with Crippen molar-refractivity contribution in [1.29, 1.82) is 0 Å². The molecule has 0 heterocycles. The van der Waals surface area contributed by atoms with Gasteiger partial charge in [-0.2, -0.15) is 0 Å². The fraction of sp³-hybridized carbons (Fsp3) is 0.625. The second-order valence-electron chi connectivity index (χ2n) is 6.25. The summed E-state index contributed by atoms with van der Waals surface area (Å²) < 4.78 is 0. The van der Waals surface area contributed by atoms with Gasteiger partial charge in [-0.25, -0.2) is 0 Å². The molecular formula is C16H24N2O2. The second-order valence-corrected chi connectivity index (χ2v) is 6.25. The van der Waals surface area contributed by atoms with Crippen LogP contribution in [0.3, 0.4) is 0 Å². The summed E-state index contributed by atoms with van der Waals surface area (Å²) in [6, 6.07) is 0. The number of hydrogen-bond donors (Lipinski definition) is 2.